The molecule has 0 saturated carbocycles. The van der Waals surface area contributed by atoms with Gasteiger partial charge in [0.25, 0.3) is 0 Å². The van der Waals surface area contributed by atoms with Crippen LogP contribution in [-0.4, -0.2) is 73.3 Å². The predicted octanol–water partition coefficient (Wildman–Crippen LogP) is 1.82. The van der Waals surface area contributed by atoms with Crippen LogP contribution in [0.3, 0.4) is 0 Å². The molecule has 150 valence electrons. The molecule has 4 rings (SSSR count). The maximum Gasteiger partial charge on any atom is 0.193 e. The van der Waals surface area contributed by atoms with Crippen molar-refractivity contribution in [3.05, 3.63) is 47.9 Å². The van der Waals surface area contributed by atoms with Gasteiger partial charge in [0.1, 0.15) is 6.26 Å². The summed E-state index contributed by atoms with van der Waals surface area (Å²) in [5, 5.41) is 7.61. The summed E-state index contributed by atoms with van der Waals surface area (Å²) < 4.78 is 4.93. The molecule has 1 aromatic heterocycles. The molecule has 0 aliphatic carbocycles. The van der Waals surface area contributed by atoms with E-state index in [9.17, 15) is 0 Å². The molecule has 0 radical (unpaired) electrons. The van der Waals surface area contributed by atoms with Crippen molar-refractivity contribution in [3.63, 3.8) is 0 Å². The number of hydrogen-bond donors (Lipinski definition) is 1. The molecule has 2 aliphatic heterocycles. The number of aliphatic imine (C=N–C) groups is 1. The van der Waals surface area contributed by atoms with Gasteiger partial charge in [-0.25, -0.2) is 0 Å². The SMILES string of the molecule is CN=C(NCC(C)N1CCc2ccccc21)N1CCN(Cc2ccon2)CC1. The summed E-state index contributed by atoms with van der Waals surface area (Å²) in [4.78, 5) is 11.8. The Hall–Kier alpha value is -2.54. The molecule has 1 aromatic carbocycles. The molecule has 2 aromatic rings. The summed E-state index contributed by atoms with van der Waals surface area (Å²) in [6, 6.07) is 11.1. The number of piperazine rings is 1. The molecule has 1 N–H and O–H groups in total. The molecule has 1 saturated heterocycles. The highest BCUT2D eigenvalue weighted by atomic mass is 16.5. The summed E-state index contributed by atoms with van der Waals surface area (Å²) in [5.74, 6) is 1.00. The van der Waals surface area contributed by atoms with Crippen molar-refractivity contribution in [2.45, 2.75) is 25.9 Å². The highest BCUT2D eigenvalue weighted by Crippen LogP contribution is 2.28. The standard InChI is InChI=1S/C21H30N6O/c1-17(27-9-7-18-5-3-4-6-20(18)27)15-23-21(22-2)26-12-10-25(11-13-26)16-19-8-14-28-24-19/h3-6,8,14,17H,7,9-13,15-16H2,1-2H3,(H,22,23). The molecule has 0 spiro atoms. The van der Waals surface area contributed by atoms with Gasteiger partial charge >= 0.3 is 0 Å². The zero-order valence-corrected chi connectivity index (χ0v) is 16.8. The van der Waals surface area contributed by atoms with E-state index in [0.29, 0.717) is 6.04 Å². The number of rotatable bonds is 5. The van der Waals surface area contributed by atoms with Gasteiger partial charge in [-0.2, -0.15) is 0 Å². The van der Waals surface area contributed by atoms with E-state index in [2.05, 4.69) is 61.4 Å². The second kappa shape index (κ2) is 8.65. The van der Waals surface area contributed by atoms with E-state index in [0.717, 1.165) is 63.9 Å². The van der Waals surface area contributed by atoms with Gasteiger partial charge in [-0.3, -0.25) is 9.89 Å². The Balaban J connectivity index is 1.26. The minimum atomic E-state index is 0.425. The highest BCUT2D eigenvalue weighted by molar-refractivity contribution is 5.80. The lowest BCUT2D eigenvalue weighted by atomic mass is 10.2. The van der Waals surface area contributed by atoms with Crippen LogP contribution in [0.1, 0.15) is 18.2 Å². The Bertz CT molecular complexity index is 782. The number of para-hydroxylation sites is 1. The fourth-order valence-corrected chi connectivity index (χ4v) is 4.17. The van der Waals surface area contributed by atoms with E-state index in [1.807, 2.05) is 13.1 Å². The first kappa shape index (κ1) is 18.8. The third-order valence-electron chi connectivity index (χ3n) is 5.77. The van der Waals surface area contributed by atoms with Crippen molar-refractivity contribution in [3.8, 4) is 0 Å². The van der Waals surface area contributed by atoms with E-state index in [1.165, 1.54) is 11.3 Å². The molecular formula is C21H30N6O. The monoisotopic (exact) mass is 382 g/mol. The summed E-state index contributed by atoms with van der Waals surface area (Å²) in [6.07, 6.45) is 2.78. The Morgan fingerprint density at radius 3 is 2.75 bits per heavy atom. The van der Waals surface area contributed by atoms with E-state index in [-0.39, 0.29) is 0 Å². The van der Waals surface area contributed by atoms with E-state index in [1.54, 1.807) is 6.26 Å². The molecule has 28 heavy (non-hydrogen) atoms. The number of hydrogen-bond acceptors (Lipinski definition) is 5. The van der Waals surface area contributed by atoms with Crippen molar-refractivity contribution in [1.29, 1.82) is 0 Å². The van der Waals surface area contributed by atoms with E-state index < -0.39 is 0 Å². The molecule has 7 heteroatoms. The normalized spacial score (nSPS) is 19.0. The van der Waals surface area contributed by atoms with Crippen LogP contribution in [0.4, 0.5) is 5.69 Å². The van der Waals surface area contributed by atoms with Gasteiger partial charge in [0.2, 0.25) is 0 Å². The first-order valence-corrected chi connectivity index (χ1v) is 10.2. The molecule has 0 bridgehead atoms. The van der Waals surface area contributed by atoms with Gasteiger partial charge in [0.05, 0.1) is 5.69 Å². The van der Waals surface area contributed by atoms with Crippen molar-refractivity contribution in [2.24, 2.45) is 4.99 Å². The van der Waals surface area contributed by atoms with Crippen LogP contribution in [0.5, 0.6) is 0 Å². The van der Waals surface area contributed by atoms with Gasteiger partial charge in [-0.15, -0.1) is 0 Å². The average Bonchev–Trinajstić information content (AvgIpc) is 3.39. The maximum absolute atomic E-state index is 4.93. The number of fused-ring (bicyclic) bond motifs is 1. The molecule has 1 atom stereocenters. The first-order chi connectivity index (χ1) is 13.7. The predicted molar refractivity (Wildman–Crippen MR) is 112 cm³/mol. The summed E-state index contributed by atoms with van der Waals surface area (Å²) in [7, 11) is 1.87. The van der Waals surface area contributed by atoms with Gasteiger partial charge in [-0.1, -0.05) is 23.4 Å². The van der Waals surface area contributed by atoms with Crippen LogP contribution in [0.15, 0.2) is 46.1 Å². The third-order valence-corrected chi connectivity index (χ3v) is 5.77. The first-order valence-electron chi connectivity index (χ1n) is 10.2. The Morgan fingerprint density at radius 1 is 1.18 bits per heavy atom. The molecule has 2 aliphatic rings. The van der Waals surface area contributed by atoms with Crippen molar-refractivity contribution < 1.29 is 4.52 Å². The van der Waals surface area contributed by atoms with E-state index in [4.69, 9.17) is 4.52 Å². The topological polar surface area (TPSA) is 60.1 Å². The number of guanidine groups is 1. The van der Waals surface area contributed by atoms with Crippen molar-refractivity contribution >= 4 is 11.6 Å². The summed E-state index contributed by atoms with van der Waals surface area (Å²) >= 11 is 0. The van der Waals surface area contributed by atoms with Crippen LogP contribution in [0.25, 0.3) is 0 Å². The van der Waals surface area contributed by atoms with Crippen LogP contribution < -0.4 is 10.2 Å². The Kier molecular flexibility index (Phi) is 5.81. The summed E-state index contributed by atoms with van der Waals surface area (Å²) in [5.41, 5.74) is 3.84. The van der Waals surface area contributed by atoms with Crippen LogP contribution in [-0.2, 0) is 13.0 Å². The number of aromatic nitrogens is 1. The quantitative estimate of drug-likeness (QED) is 0.629. The Labute approximate surface area is 167 Å². The average molecular weight is 383 g/mol. The molecular weight excluding hydrogens is 352 g/mol. The van der Waals surface area contributed by atoms with Crippen LogP contribution in [0, 0.1) is 0 Å². The maximum atomic E-state index is 4.93. The van der Waals surface area contributed by atoms with Crippen LogP contribution >= 0.6 is 0 Å². The molecule has 3 heterocycles. The van der Waals surface area contributed by atoms with E-state index >= 15 is 0 Å². The minimum Gasteiger partial charge on any atom is -0.366 e. The fourth-order valence-electron chi connectivity index (χ4n) is 4.17. The van der Waals surface area contributed by atoms with Crippen molar-refractivity contribution in [2.75, 3.05) is 51.2 Å². The van der Waals surface area contributed by atoms with Gasteiger partial charge in [0.15, 0.2) is 5.96 Å². The number of nitrogens with one attached hydrogen (secondary N) is 1. The van der Waals surface area contributed by atoms with Gasteiger partial charge in [-0.05, 0) is 25.0 Å². The zero-order valence-electron chi connectivity index (χ0n) is 16.8. The van der Waals surface area contributed by atoms with Crippen LogP contribution in [0.2, 0.25) is 0 Å². The number of benzene rings is 1. The second-order valence-corrected chi connectivity index (χ2v) is 7.60. The molecule has 7 nitrogen and oxygen atoms in total. The lowest BCUT2D eigenvalue weighted by Crippen LogP contribution is -2.53. The summed E-state index contributed by atoms with van der Waals surface area (Å²) in [6.45, 7) is 9.07. The van der Waals surface area contributed by atoms with Crippen molar-refractivity contribution in [1.82, 2.24) is 20.3 Å². The number of nitrogens with zero attached hydrogens (tertiary/aromatic N) is 5. The minimum absolute atomic E-state index is 0.425. The zero-order chi connectivity index (χ0) is 19.3. The lowest BCUT2D eigenvalue weighted by Gasteiger charge is -2.37. The third kappa shape index (κ3) is 4.14. The largest absolute Gasteiger partial charge is 0.366 e. The molecule has 0 amide bonds. The molecule has 1 unspecified atom stereocenters. The fraction of sp³-hybridized carbons (Fsp3) is 0.524. The lowest BCUT2D eigenvalue weighted by molar-refractivity contribution is 0.169. The second-order valence-electron chi connectivity index (χ2n) is 7.60. The number of anilines is 1. The smallest absolute Gasteiger partial charge is 0.193 e. The van der Waals surface area contributed by atoms with Gasteiger partial charge < -0.3 is 19.6 Å². The Morgan fingerprint density at radius 2 is 2.00 bits per heavy atom. The highest BCUT2D eigenvalue weighted by Gasteiger charge is 2.24. The molecule has 1 fully saturated rings. The van der Waals surface area contributed by atoms with Gasteiger partial charge in [0, 0.05) is 70.7 Å².